The molecular weight excluding hydrogens is 1750 g/mol. The van der Waals surface area contributed by atoms with Gasteiger partial charge in [-0.1, -0.05) is 328 Å². The standard InChI is InChI=1S/C66H43N3S3.C58H38N2O2S2/c1-38-17-32-52-55(35-38)70-64(67-52)45-26-20-42(21-27-45)59-50-15-9-10-16-51(50)61(44-24-30-47(31-25-44)66-69-54-34-19-40(3)37-57(54)72-66)63-60(49-14-8-7-13-48(49)58(62(59)63)41-11-5-4-6-12-41)43-22-28-46(29-23-43)65-68-53-33-18-39(2)36-56(53)71-65;1-61-41-29-31-47-49(33-41)63-57(59-47)39-25-21-37(22-26-39)53-45-19-11-12-20-46(45)54(38-23-27-40(28-24-38)58-60-48-32-30-42(62-2)34-50(48)64-58)56-52(36-15-7-4-8-16-36)44-18-10-9-17-43(44)51(55(53)56)35-13-5-3-6-14-35/h4-37H,1-3H3;3-34H,1-2H3. The lowest BCUT2D eigenvalue weighted by atomic mass is 9.77. The lowest BCUT2D eigenvalue weighted by molar-refractivity contribution is 0.415. The van der Waals surface area contributed by atoms with Gasteiger partial charge >= 0.3 is 0 Å². The Morgan fingerprint density at radius 3 is 0.537 bits per heavy atom. The topological polar surface area (TPSA) is 82.9 Å². The van der Waals surface area contributed by atoms with E-state index < -0.39 is 0 Å². The van der Waals surface area contributed by atoms with Crippen LogP contribution in [0.2, 0.25) is 0 Å². The van der Waals surface area contributed by atoms with Crippen LogP contribution in [-0.2, 0) is 0 Å². The van der Waals surface area contributed by atoms with Crippen molar-refractivity contribution in [2.24, 2.45) is 0 Å². The molecule has 21 aromatic carbocycles. The second-order valence-electron chi connectivity index (χ2n) is 34.8. The number of aryl methyl sites for hydroxylation is 3. The molecule has 136 heavy (non-hydrogen) atoms. The van der Waals surface area contributed by atoms with E-state index in [9.17, 15) is 0 Å². The highest BCUT2D eigenvalue weighted by molar-refractivity contribution is 7.23. The van der Waals surface area contributed by atoms with Crippen molar-refractivity contribution in [3.63, 3.8) is 0 Å². The molecule has 0 aliphatic rings. The molecule has 0 aliphatic carbocycles. The average Bonchev–Trinajstić information content (AvgIpc) is 0.743. The number of hydrogen-bond donors (Lipinski definition) is 0. The molecule has 5 heterocycles. The first kappa shape index (κ1) is 82.2. The molecule has 26 rings (SSSR count). The maximum absolute atomic E-state index is 5.53. The maximum Gasteiger partial charge on any atom is 0.124 e. The van der Waals surface area contributed by atoms with Crippen LogP contribution in [0.4, 0.5) is 0 Å². The molecular formula is C124H81N5O2S5. The first-order valence-electron chi connectivity index (χ1n) is 45.6. The quantitative estimate of drug-likeness (QED) is 0.0946. The number of aromatic nitrogens is 5. The van der Waals surface area contributed by atoms with Crippen LogP contribution in [-0.4, -0.2) is 39.1 Å². The van der Waals surface area contributed by atoms with Crippen LogP contribution in [0.15, 0.2) is 400 Å². The van der Waals surface area contributed by atoms with Crippen molar-refractivity contribution in [3.8, 4) is 153 Å². The van der Waals surface area contributed by atoms with Crippen LogP contribution >= 0.6 is 56.7 Å². The van der Waals surface area contributed by atoms with Crippen molar-refractivity contribution in [3.05, 3.63) is 417 Å². The van der Waals surface area contributed by atoms with Gasteiger partial charge in [-0.05, 0) is 264 Å². The van der Waals surface area contributed by atoms with E-state index in [0.717, 1.165) is 129 Å². The lowest BCUT2D eigenvalue weighted by Gasteiger charge is -2.25. The predicted octanol–water partition coefficient (Wildman–Crippen LogP) is 36.0. The number of thiazole rings is 5. The van der Waals surface area contributed by atoms with E-state index in [1.807, 2.05) is 24.3 Å². The van der Waals surface area contributed by atoms with Gasteiger partial charge in [-0.3, -0.25) is 0 Å². The summed E-state index contributed by atoms with van der Waals surface area (Å²) >= 11 is 8.65. The minimum atomic E-state index is 0.836. The van der Waals surface area contributed by atoms with Gasteiger partial charge in [0.25, 0.3) is 0 Å². The summed E-state index contributed by atoms with van der Waals surface area (Å²) in [7, 11) is 3.41. The molecule has 12 heteroatoms. The summed E-state index contributed by atoms with van der Waals surface area (Å²) in [4.78, 5) is 25.4. The summed E-state index contributed by atoms with van der Waals surface area (Å²) in [6.45, 7) is 6.43. The molecule has 0 spiro atoms. The van der Waals surface area contributed by atoms with Crippen molar-refractivity contribution in [2.45, 2.75) is 20.8 Å². The minimum absolute atomic E-state index is 0.836. The zero-order valence-electron chi connectivity index (χ0n) is 74.7. The van der Waals surface area contributed by atoms with E-state index in [1.165, 1.54) is 157 Å². The highest BCUT2D eigenvalue weighted by atomic mass is 32.1. The molecule has 644 valence electrons. The van der Waals surface area contributed by atoms with E-state index in [4.69, 9.17) is 34.4 Å². The molecule has 0 bridgehead atoms. The number of hydrogen-bond acceptors (Lipinski definition) is 12. The van der Waals surface area contributed by atoms with Crippen molar-refractivity contribution < 1.29 is 9.47 Å². The third-order valence-corrected chi connectivity index (χ3v) is 31.8. The normalized spacial score (nSPS) is 11.7. The SMILES string of the molecule is COc1ccc2nc(-c3ccc(-c4c5ccccc5c(-c5ccc(-c6nc7ccc(OC)cc7s6)cc5)c5c(-c6ccccc6)c6ccccc6c(-c6ccccc6)c45)cc3)sc2c1.Cc1ccc2nc(-c3ccc(-c4c5ccccc5c(-c5ccc(-c6nc7ccc(C)cc7s6)cc5)c5c(-c6ccc(-c7nc8ccc(C)cc8s7)cc6)c6ccccc6c(-c6ccccc6)c45)cc3)sc2c1. The highest BCUT2D eigenvalue weighted by Crippen LogP contribution is 2.58. The number of ether oxygens (including phenoxy) is 2. The van der Waals surface area contributed by atoms with Crippen molar-refractivity contribution in [2.75, 3.05) is 14.2 Å². The van der Waals surface area contributed by atoms with Gasteiger partial charge < -0.3 is 9.47 Å². The Labute approximate surface area is 805 Å². The van der Waals surface area contributed by atoms with E-state index in [-0.39, 0.29) is 0 Å². The summed E-state index contributed by atoms with van der Waals surface area (Å²) in [5, 5.41) is 19.6. The van der Waals surface area contributed by atoms with Gasteiger partial charge in [0.15, 0.2) is 0 Å². The number of benzene rings is 21. The van der Waals surface area contributed by atoms with Gasteiger partial charge in [-0.2, -0.15) is 0 Å². The zero-order chi connectivity index (χ0) is 90.8. The highest BCUT2D eigenvalue weighted by Gasteiger charge is 2.30. The summed E-state index contributed by atoms with van der Waals surface area (Å²) in [5.41, 5.74) is 33.3. The molecule has 7 nitrogen and oxygen atoms in total. The Bertz CT molecular complexity index is 8870. The van der Waals surface area contributed by atoms with Crippen LogP contribution in [0.5, 0.6) is 11.5 Å². The molecule has 0 radical (unpaired) electrons. The fourth-order valence-electron chi connectivity index (χ4n) is 20.1. The Hall–Kier alpha value is -15.8. The van der Waals surface area contributed by atoms with Gasteiger partial charge in [0.2, 0.25) is 0 Å². The van der Waals surface area contributed by atoms with Gasteiger partial charge in [0.05, 0.1) is 65.3 Å². The predicted molar refractivity (Wildman–Crippen MR) is 582 cm³/mol. The molecule has 0 N–H and O–H groups in total. The number of rotatable bonds is 15. The first-order valence-corrected chi connectivity index (χ1v) is 49.7. The maximum atomic E-state index is 5.53. The van der Waals surface area contributed by atoms with Gasteiger partial charge in [-0.15, -0.1) is 56.7 Å². The third-order valence-electron chi connectivity index (χ3n) is 26.5. The molecule has 0 saturated carbocycles. The average molecular weight is 1830 g/mol. The second-order valence-corrected chi connectivity index (χ2v) is 40.0. The Morgan fingerprint density at radius 2 is 0.338 bits per heavy atom. The van der Waals surface area contributed by atoms with Crippen LogP contribution in [0.1, 0.15) is 16.7 Å². The molecule has 0 saturated heterocycles. The molecule has 0 fully saturated rings. The Morgan fingerprint density at radius 1 is 0.169 bits per heavy atom. The van der Waals surface area contributed by atoms with Crippen LogP contribution in [0, 0.1) is 20.8 Å². The van der Waals surface area contributed by atoms with Crippen molar-refractivity contribution in [1.82, 2.24) is 24.9 Å². The van der Waals surface area contributed by atoms with E-state index in [1.54, 1.807) is 70.9 Å². The summed E-state index contributed by atoms with van der Waals surface area (Å²) in [6, 6.07) is 146. The van der Waals surface area contributed by atoms with Crippen LogP contribution in [0.3, 0.4) is 0 Å². The molecule has 0 aliphatic heterocycles. The van der Waals surface area contributed by atoms with Gasteiger partial charge in [0.1, 0.15) is 36.5 Å². The lowest BCUT2D eigenvalue weighted by Crippen LogP contribution is -1.98. The molecule has 5 aromatic heterocycles. The van der Waals surface area contributed by atoms with Gasteiger partial charge in [0, 0.05) is 27.8 Å². The van der Waals surface area contributed by atoms with Crippen molar-refractivity contribution >= 4 is 172 Å². The van der Waals surface area contributed by atoms with E-state index in [2.05, 4.69) is 397 Å². The molecule has 0 atom stereocenters. The summed E-state index contributed by atoms with van der Waals surface area (Å²) in [5.74, 6) is 1.67. The first-order chi connectivity index (χ1) is 67.0. The number of nitrogens with zero attached hydrogens (tertiary/aromatic N) is 5. The molecule has 26 aromatic rings. The largest absolute Gasteiger partial charge is 0.497 e. The van der Waals surface area contributed by atoms with Crippen LogP contribution < -0.4 is 9.47 Å². The number of methoxy groups -OCH3 is 2. The van der Waals surface area contributed by atoms with E-state index >= 15 is 0 Å². The fraction of sp³-hybridized carbons (Fsp3) is 0.0403. The second kappa shape index (κ2) is 34.1. The fourth-order valence-corrected chi connectivity index (χ4v) is 25.3. The molecule has 0 unspecified atom stereocenters. The summed E-state index contributed by atoms with van der Waals surface area (Å²) < 4.78 is 16.9. The zero-order valence-corrected chi connectivity index (χ0v) is 78.8. The Balaban J connectivity index is 0.000000146. The van der Waals surface area contributed by atoms with Crippen molar-refractivity contribution in [1.29, 1.82) is 0 Å². The van der Waals surface area contributed by atoms with Gasteiger partial charge in [-0.25, -0.2) is 24.9 Å². The Kier molecular flexibility index (Phi) is 20.6. The smallest absolute Gasteiger partial charge is 0.124 e. The molecule has 0 amide bonds. The number of fused-ring (bicyclic) bond motifs is 11. The third kappa shape index (κ3) is 14.5. The van der Waals surface area contributed by atoms with E-state index in [0.29, 0.717) is 0 Å². The van der Waals surface area contributed by atoms with Crippen LogP contribution in [0.25, 0.3) is 258 Å². The minimum Gasteiger partial charge on any atom is -0.497 e. The monoisotopic (exact) mass is 1830 g/mol. The summed E-state index contributed by atoms with van der Waals surface area (Å²) in [6.07, 6.45) is 0.